The Labute approximate surface area is 177 Å². The van der Waals surface area contributed by atoms with Gasteiger partial charge >= 0.3 is 0 Å². The molecule has 1 aliphatic rings. The molecule has 0 aliphatic carbocycles. The molecule has 1 saturated heterocycles. The van der Waals surface area contributed by atoms with E-state index in [0.29, 0.717) is 45.8 Å². The molecule has 1 fully saturated rings. The van der Waals surface area contributed by atoms with Gasteiger partial charge in [-0.2, -0.15) is 0 Å². The Morgan fingerprint density at radius 1 is 1.17 bits per heavy atom. The van der Waals surface area contributed by atoms with Gasteiger partial charge in [-0.1, -0.05) is 17.7 Å². The number of halogens is 1. The molecule has 0 saturated carbocycles. The number of pyridine rings is 1. The molecule has 2 aromatic heterocycles. The minimum absolute atomic E-state index is 0.0785. The van der Waals surface area contributed by atoms with Gasteiger partial charge in [0.15, 0.2) is 5.13 Å². The van der Waals surface area contributed by atoms with E-state index in [2.05, 4.69) is 15.3 Å². The molecule has 1 N–H and O–H groups in total. The average Bonchev–Trinajstić information content (AvgIpc) is 3.17. The first-order valence-corrected chi connectivity index (χ1v) is 11.8. The quantitative estimate of drug-likeness (QED) is 0.650. The van der Waals surface area contributed by atoms with Gasteiger partial charge in [-0.3, -0.25) is 19.4 Å². The summed E-state index contributed by atoms with van der Waals surface area (Å²) in [5.41, 5.74) is 2.02. The maximum Gasteiger partial charge on any atom is 0.257 e. The van der Waals surface area contributed by atoms with Gasteiger partial charge in [-0.15, -0.1) is 11.3 Å². The third kappa shape index (κ3) is 4.26. The van der Waals surface area contributed by atoms with Crippen LogP contribution in [0, 0.1) is 0 Å². The van der Waals surface area contributed by atoms with Crippen molar-refractivity contribution in [3.8, 4) is 11.4 Å². The fourth-order valence-electron chi connectivity index (χ4n) is 3.04. The van der Waals surface area contributed by atoms with Crippen molar-refractivity contribution in [3.63, 3.8) is 0 Å². The molecule has 3 heterocycles. The number of carbonyl (C=O) groups excluding carboxylic acids is 1. The fraction of sp³-hybridized carbons (Fsp3) is 0.211. The van der Waals surface area contributed by atoms with E-state index in [1.165, 1.54) is 27.8 Å². The van der Waals surface area contributed by atoms with E-state index in [-0.39, 0.29) is 11.7 Å². The molecule has 1 aliphatic heterocycles. The number of anilines is 2. The van der Waals surface area contributed by atoms with E-state index in [1.54, 1.807) is 12.3 Å². The van der Waals surface area contributed by atoms with Crippen molar-refractivity contribution in [2.24, 2.45) is 0 Å². The van der Waals surface area contributed by atoms with Crippen LogP contribution in [0.25, 0.3) is 11.4 Å². The number of thiazole rings is 1. The Morgan fingerprint density at radius 3 is 2.79 bits per heavy atom. The van der Waals surface area contributed by atoms with Crippen molar-refractivity contribution in [3.05, 3.63) is 58.6 Å². The SMILES string of the molecule is O=C(Nc1nc(-c2ccccn2)cs1)c1ccc(Cl)c(N2CCCCS2(=O)=O)c1. The topological polar surface area (TPSA) is 92.3 Å². The molecular weight excluding hydrogens is 432 g/mol. The smallest absolute Gasteiger partial charge is 0.257 e. The third-order valence-electron chi connectivity index (χ3n) is 4.48. The van der Waals surface area contributed by atoms with Crippen LogP contribution in [0.1, 0.15) is 23.2 Å². The molecular formula is C19H17ClN4O3S2. The Kier molecular flexibility index (Phi) is 5.53. The molecule has 7 nitrogen and oxygen atoms in total. The molecule has 3 aromatic rings. The lowest BCUT2D eigenvalue weighted by Crippen LogP contribution is -2.38. The summed E-state index contributed by atoms with van der Waals surface area (Å²) in [7, 11) is -3.43. The molecule has 1 amide bonds. The summed E-state index contributed by atoms with van der Waals surface area (Å²) in [4.78, 5) is 21.3. The number of rotatable bonds is 4. The van der Waals surface area contributed by atoms with Gasteiger partial charge in [0, 0.05) is 23.7 Å². The Hall–Kier alpha value is -2.49. The van der Waals surface area contributed by atoms with Crippen LogP contribution in [-0.2, 0) is 10.0 Å². The van der Waals surface area contributed by atoms with E-state index in [4.69, 9.17) is 11.6 Å². The van der Waals surface area contributed by atoms with Gasteiger partial charge in [-0.05, 0) is 43.2 Å². The minimum atomic E-state index is -3.43. The fourth-order valence-corrected chi connectivity index (χ4v) is 5.65. The second-order valence-electron chi connectivity index (χ2n) is 6.47. The summed E-state index contributed by atoms with van der Waals surface area (Å²) < 4.78 is 26.1. The summed E-state index contributed by atoms with van der Waals surface area (Å²) in [6, 6.07) is 10.1. The van der Waals surface area contributed by atoms with Gasteiger partial charge in [0.2, 0.25) is 10.0 Å². The monoisotopic (exact) mass is 448 g/mol. The van der Waals surface area contributed by atoms with E-state index in [0.717, 1.165) is 6.42 Å². The van der Waals surface area contributed by atoms with Crippen molar-refractivity contribution in [1.82, 2.24) is 9.97 Å². The normalized spacial score (nSPS) is 15.8. The van der Waals surface area contributed by atoms with Gasteiger partial charge in [0.05, 0.1) is 22.2 Å². The summed E-state index contributed by atoms with van der Waals surface area (Å²) >= 11 is 7.52. The highest BCUT2D eigenvalue weighted by Gasteiger charge is 2.28. The third-order valence-corrected chi connectivity index (χ3v) is 7.41. The first-order chi connectivity index (χ1) is 13.9. The molecule has 0 unspecified atom stereocenters. The number of sulfonamides is 1. The van der Waals surface area contributed by atoms with Gasteiger partial charge in [0.1, 0.15) is 5.69 Å². The van der Waals surface area contributed by atoms with Crippen LogP contribution in [0.5, 0.6) is 0 Å². The van der Waals surface area contributed by atoms with E-state index in [1.807, 2.05) is 23.6 Å². The number of benzene rings is 1. The lowest BCUT2D eigenvalue weighted by Gasteiger charge is -2.29. The number of hydrogen-bond donors (Lipinski definition) is 1. The number of amides is 1. The summed E-state index contributed by atoms with van der Waals surface area (Å²) in [6.07, 6.45) is 3.05. The largest absolute Gasteiger partial charge is 0.298 e. The predicted octanol–water partition coefficient (Wildman–Crippen LogP) is 4.04. The van der Waals surface area contributed by atoms with E-state index in [9.17, 15) is 13.2 Å². The first kappa shape index (κ1) is 19.8. The maximum atomic E-state index is 12.7. The van der Waals surface area contributed by atoms with Gasteiger partial charge in [-0.25, -0.2) is 13.4 Å². The van der Waals surface area contributed by atoms with Crippen LogP contribution < -0.4 is 9.62 Å². The molecule has 1 aromatic carbocycles. The second kappa shape index (κ2) is 8.10. The van der Waals surface area contributed by atoms with E-state index >= 15 is 0 Å². The molecule has 29 heavy (non-hydrogen) atoms. The highest BCUT2D eigenvalue weighted by molar-refractivity contribution is 7.92. The highest BCUT2D eigenvalue weighted by atomic mass is 35.5. The number of nitrogens with one attached hydrogen (secondary N) is 1. The van der Waals surface area contributed by atoms with Gasteiger partial charge in [0.25, 0.3) is 5.91 Å². The molecule has 0 spiro atoms. The zero-order valence-corrected chi connectivity index (χ0v) is 17.6. The van der Waals surface area contributed by atoms with Crippen molar-refractivity contribution in [1.29, 1.82) is 0 Å². The number of nitrogens with zero attached hydrogens (tertiary/aromatic N) is 3. The molecule has 150 valence electrons. The van der Waals surface area contributed by atoms with Crippen LogP contribution in [0.2, 0.25) is 5.02 Å². The highest BCUT2D eigenvalue weighted by Crippen LogP contribution is 2.32. The Morgan fingerprint density at radius 2 is 2.03 bits per heavy atom. The van der Waals surface area contributed by atoms with Crippen LogP contribution in [0.4, 0.5) is 10.8 Å². The van der Waals surface area contributed by atoms with Crippen LogP contribution in [0.3, 0.4) is 0 Å². The van der Waals surface area contributed by atoms with Crippen molar-refractivity contribution in [2.75, 3.05) is 21.9 Å². The standard InChI is InChI=1S/C19H17ClN4O3S2/c20-14-7-6-13(11-17(14)24-9-3-4-10-29(24,26)27)18(25)23-19-22-16(12-28-19)15-5-1-2-8-21-15/h1-2,5-8,11-12H,3-4,9-10H2,(H,22,23,25). The van der Waals surface area contributed by atoms with Gasteiger partial charge < -0.3 is 0 Å². The zero-order chi connectivity index (χ0) is 20.4. The minimum Gasteiger partial charge on any atom is -0.298 e. The van der Waals surface area contributed by atoms with Crippen molar-refractivity contribution in [2.45, 2.75) is 12.8 Å². The van der Waals surface area contributed by atoms with Crippen LogP contribution in [0.15, 0.2) is 48.0 Å². The lowest BCUT2D eigenvalue weighted by atomic mass is 10.2. The maximum absolute atomic E-state index is 12.7. The summed E-state index contributed by atoms with van der Waals surface area (Å²) in [5.74, 6) is -0.311. The molecule has 10 heteroatoms. The predicted molar refractivity (Wildman–Crippen MR) is 115 cm³/mol. The van der Waals surface area contributed by atoms with Crippen molar-refractivity contribution >= 4 is 49.7 Å². The Bertz CT molecular complexity index is 1150. The molecule has 4 rings (SSSR count). The molecule has 0 atom stereocenters. The summed E-state index contributed by atoms with van der Waals surface area (Å²) in [6.45, 7) is 0.354. The lowest BCUT2D eigenvalue weighted by molar-refractivity contribution is 0.102. The molecule has 0 bridgehead atoms. The van der Waals surface area contributed by atoms with Crippen LogP contribution in [-0.4, -0.2) is 36.6 Å². The van der Waals surface area contributed by atoms with Crippen molar-refractivity contribution < 1.29 is 13.2 Å². The summed E-state index contributed by atoms with van der Waals surface area (Å²) in [5, 5.41) is 5.28. The average molecular weight is 449 g/mol. The Balaban J connectivity index is 1.56. The first-order valence-electron chi connectivity index (χ1n) is 8.92. The number of aromatic nitrogens is 2. The van der Waals surface area contributed by atoms with Crippen LogP contribution >= 0.6 is 22.9 Å². The van der Waals surface area contributed by atoms with E-state index < -0.39 is 10.0 Å². The molecule has 0 radical (unpaired) electrons. The zero-order valence-electron chi connectivity index (χ0n) is 15.2. The second-order valence-corrected chi connectivity index (χ2v) is 9.75. The number of carbonyl (C=O) groups is 1. The number of hydrogen-bond acceptors (Lipinski definition) is 6.